The molecule has 0 atom stereocenters. The number of halogens is 1. The van der Waals surface area contributed by atoms with Crippen molar-refractivity contribution in [3.63, 3.8) is 0 Å². The van der Waals surface area contributed by atoms with Crippen molar-refractivity contribution in [2.75, 3.05) is 26.2 Å². The van der Waals surface area contributed by atoms with E-state index in [0.717, 1.165) is 39.1 Å². The van der Waals surface area contributed by atoms with Gasteiger partial charge in [0, 0.05) is 45.1 Å². The summed E-state index contributed by atoms with van der Waals surface area (Å²) in [6.45, 7) is 4.34. The van der Waals surface area contributed by atoms with Crippen LogP contribution in [0.15, 0.2) is 36.0 Å². The van der Waals surface area contributed by atoms with Gasteiger partial charge in [-0.2, -0.15) is 0 Å². The number of hydrogen-bond donors (Lipinski definition) is 0. The molecule has 1 aliphatic rings. The number of carbonyl (C=O) groups excluding carboxylic acids is 1. The van der Waals surface area contributed by atoms with E-state index in [2.05, 4.69) is 9.88 Å². The van der Waals surface area contributed by atoms with Crippen LogP contribution in [0.5, 0.6) is 0 Å². The van der Waals surface area contributed by atoms with Gasteiger partial charge in [0.25, 0.3) is 5.91 Å². The van der Waals surface area contributed by atoms with Crippen molar-refractivity contribution in [2.24, 2.45) is 0 Å². The van der Waals surface area contributed by atoms with Gasteiger partial charge in [0.05, 0.1) is 5.02 Å². The van der Waals surface area contributed by atoms with E-state index in [1.54, 1.807) is 6.07 Å². The average Bonchev–Trinajstić information content (AvgIpc) is 2.82. The number of hydrogen-bond acceptors (Lipinski definition) is 4. The minimum atomic E-state index is 0.0609. The number of pyridine rings is 1. The zero-order chi connectivity index (χ0) is 15.4. The van der Waals surface area contributed by atoms with Crippen LogP contribution in [0.4, 0.5) is 0 Å². The summed E-state index contributed by atoms with van der Waals surface area (Å²) >= 11 is 7.50. The van der Waals surface area contributed by atoms with Crippen LogP contribution >= 0.6 is 22.9 Å². The summed E-state index contributed by atoms with van der Waals surface area (Å²) in [5.41, 5.74) is 1.26. The maximum absolute atomic E-state index is 12.5. The Morgan fingerprint density at radius 3 is 2.73 bits per heavy atom. The van der Waals surface area contributed by atoms with Crippen molar-refractivity contribution < 1.29 is 4.79 Å². The molecule has 3 rings (SSSR count). The molecule has 0 aliphatic carbocycles. The molecular formula is C16H18ClN3OS. The molecule has 0 aromatic carbocycles. The van der Waals surface area contributed by atoms with Crippen molar-refractivity contribution in [1.82, 2.24) is 14.8 Å². The molecule has 4 nitrogen and oxygen atoms in total. The van der Waals surface area contributed by atoms with Gasteiger partial charge in [-0.25, -0.2) is 0 Å². The van der Waals surface area contributed by atoms with Gasteiger partial charge in [-0.05, 0) is 35.6 Å². The third-order valence-electron chi connectivity index (χ3n) is 3.84. The molecule has 3 heterocycles. The Bertz CT molecular complexity index is 631. The average molecular weight is 336 g/mol. The third-order valence-corrected chi connectivity index (χ3v) is 5.17. The highest BCUT2D eigenvalue weighted by atomic mass is 35.5. The lowest BCUT2D eigenvalue weighted by Crippen LogP contribution is -2.34. The van der Waals surface area contributed by atoms with Crippen LogP contribution in [-0.4, -0.2) is 46.9 Å². The van der Waals surface area contributed by atoms with Crippen LogP contribution in [0.25, 0.3) is 0 Å². The molecule has 1 saturated heterocycles. The first kappa shape index (κ1) is 15.5. The lowest BCUT2D eigenvalue weighted by Gasteiger charge is -2.21. The second-order valence-electron chi connectivity index (χ2n) is 5.38. The van der Waals surface area contributed by atoms with Crippen molar-refractivity contribution >= 4 is 28.8 Å². The summed E-state index contributed by atoms with van der Waals surface area (Å²) in [5, 5.41) is 2.43. The predicted octanol–water partition coefficient (Wildman–Crippen LogP) is 3.14. The van der Waals surface area contributed by atoms with Crippen LogP contribution in [0.2, 0.25) is 5.02 Å². The second kappa shape index (κ2) is 7.22. The summed E-state index contributed by atoms with van der Waals surface area (Å²) in [5.74, 6) is 0.0609. The maximum Gasteiger partial charge on any atom is 0.265 e. The van der Waals surface area contributed by atoms with E-state index in [-0.39, 0.29) is 5.91 Å². The number of nitrogens with zero attached hydrogens (tertiary/aromatic N) is 3. The van der Waals surface area contributed by atoms with E-state index >= 15 is 0 Å². The molecule has 1 aliphatic heterocycles. The maximum atomic E-state index is 12.5. The molecule has 0 bridgehead atoms. The Morgan fingerprint density at radius 1 is 1.18 bits per heavy atom. The molecule has 116 valence electrons. The molecule has 0 radical (unpaired) electrons. The molecule has 6 heteroatoms. The molecule has 0 N–H and O–H groups in total. The largest absolute Gasteiger partial charge is 0.337 e. The Morgan fingerprint density at radius 2 is 2.00 bits per heavy atom. The molecule has 22 heavy (non-hydrogen) atoms. The van der Waals surface area contributed by atoms with Gasteiger partial charge in [0.2, 0.25) is 0 Å². The molecule has 0 saturated carbocycles. The van der Waals surface area contributed by atoms with E-state index in [9.17, 15) is 4.79 Å². The van der Waals surface area contributed by atoms with Crippen molar-refractivity contribution in [2.45, 2.75) is 13.0 Å². The van der Waals surface area contributed by atoms with Crippen LogP contribution < -0.4 is 0 Å². The summed E-state index contributed by atoms with van der Waals surface area (Å²) < 4.78 is 0. The monoisotopic (exact) mass is 335 g/mol. The van der Waals surface area contributed by atoms with Gasteiger partial charge in [-0.1, -0.05) is 11.6 Å². The van der Waals surface area contributed by atoms with Gasteiger partial charge in [-0.3, -0.25) is 14.7 Å². The SMILES string of the molecule is O=C(c1sccc1Cl)N1CCCN(Cc2ccncc2)CC1. The first-order valence-corrected chi connectivity index (χ1v) is 8.63. The van der Waals surface area contributed by atoms with Gasteiger partial charge in [-0.15, -0.1) is 11.3 Å². The Kier molecular flexibility index (Phi) is 5.08. The zero-order valence-corrected chi connectivity index (χ0v) is 13.8. The minimum absolute atomic E-state index is 0.0609. The zero-order valence-electron chi connectivity index (χ0n) is 12.2. The van der Waals surface area contributed by atoms with E-state index < -0.39 is 0 Å². The third kappa shape index (κ3) is 3.66. The second-order valence-corrected chi connectivity index (χ2v) is 6.70. The molecule has 0 spiro atoms. The van der Waals surface area contributed by atoms with Crippen LogP contribution in [-0.2, 0) is 6.54 Å². The van der Waals surface area contributed by atoms with E-state index in [1.165, 1.54) is 16.9 Å². The van der Waals surface area contributed by atoms with Crippen LogP contribution in [0, 0.1) is 0 Å². The van der Waals surface area contributed by atoms with Crippen molar-refractivity contribution in [1.29, 1.82) is 0 Å². The lowest BCUT2D eigenvalue weighted by atomic mass is 10.2. The summed E-state index contributed by atoms with van der Waals surface area (Å²) in [4.78, 5) is 21.5. The molecular weight excluding hydrogens is 318 g/mol. The molecule has 2 aromatic rings. The Balaban J connectivity index is 1.60. The number of aromatic nitrogens is 1. The topological polar surface area (TPSA) is 36.4 Å². The molecule has 2 aromatic heterocycles. The fourth-order valence-corrected chi connectivity index (χ4v) is 3.77. The standard InChI is InChI=1S/C16H18ClN3OS/c17-14-4-11-22-15(14)16(21)20-8-1-7-19(9-10-20)12-13-2-5-18-6-3-13/h2-6,11H,1,7-10,12H2. The fourth-order valence-electron chi connectivity index (χ4n) is 2.67. The van der Waals surface area contributed by atoms with Crippen molar-refractivity contribution in [3.05, 3.63) is 51.4 Å². The van der Waals surface area contributed by atoms with E-state index in [4.69, 9.17) is 11.6 Å². The molecule has 1 fully saturated rings. The van der Waals surface area contributed by atoms with Crippen LogP contribution in [0.1, 0.15) is 21.7 Å². The van der Waals surface area contributed by atoms with Crippen molar-refractivity contribution in [3.8, 4) is 0 Å². The highest BCUT2D eigenvalue weighted by Crippen LogP contribution is 2.24. The van der Waals surface area contributed by atoms with Gasteiger partial charge in [0.15, 0.2) is 0 Å². The highest BCUT2D eigenvalue weighted by molar-refractivity contribution is 7.12. The summed E-state index contributed by atoms with van der Waals surface area (Å²) in [7, 11) is 0. The minimum Gasteiger partial charge on any atom is -0.337 e. The number of rotatable bonds is 3. The fraction of sp³-hybridized carbons (Fsp3) is 0.375. The van der Waals surface area contributed by atoms with E-state index in [1.807, 2.05) is 34.8 Å². The summed E-state index contributed by atoms with van der Waals surface area (Å²) in [6, 6.07) is 5.87. The van der Waals surface area contributed by atoms with Gasteiger partial charge >= 0.3 is 0 Å². The van der Waals surface area contributed by atoms with E-state index in [0.29, 0.717) is 9.90 Å². The highest BCUT2D eigenvalue weighted by Gasteiger charge is 2.22. The number of carbonyl (C=O) groups is 1. The number of amides is 1. The van der Waals surface area contributed by atoms with Gasteiger partial charge in [0.1, 0.15) is 4.88 Å². The van der Waals surface area contributed by atoms with Crippen LogP contribution in [0.3, 0.4) is 0 Å². The Hall–Kier alpha value is -1.43. The van der Waals surface area contributed by atoms with Gasteiger partial charge < -0.3 is 4.90 Å². The predicted molar refractivity (Wildman–Crippen MR) is 89.4 cm³/mol. The first-order chi connectivity index (χ1) is 10.7. The first-order valence-electron chi connectivity index (χ1n) is 7.37. The molecule has 0 unspecified atom stereocenters. The lowest BCUT2D eigenvalue weighted by molar-refractivity contribution is 0.0766. The smallest absolute Gasteiger partial charge is 0.265 e. The quantitative estimate of drug-likeness (QED) is 0.864. The Labute approximate surface area is 139 Å². The molecule has 1 amide bonds. The number of thiophene rings is 1. The normalized spacial score (nSPS) is 16.5. The summed E-state index contributed by atoms with van der Waals surface area (Å²) in [6.07, 6.45) is 4.63.